The highest BCUT2D eigenvalue weighted by molar-refractivity contribution is 5.34. The Morgan fingerprint density at radius 3 is 2.86 bits per heavy atom. The molecule has 0 saturated carbocycles. The summed E-state index contributed by atoms with van der Waals surface area (Å²) in [4.78, 5) is 0. The molecule has 0 spiro atoms. The van der Waals surface area contributed by atoms with E-state index in [1.54, 1.807) is 12.3 Å². The third kappa shape index (κ3) is 2.95. The van der Waals surface area contributed by atoms with Crippen LogP contribution in [0, 0.1) is 11.5 Å². The summed E-state index contributed by atoms with van der Waals surface area (Å²) >= 11 is 0. The lowest BCUT2D eigenvalue weighted by atomic mass is 10.1. The normalized spacial score (nSPS) is 9.14. The van der Waals surface area contributed by atoms with Gasteiger partial charge < -0.3 is 4.74 Å². The van der Waals surface area contributed by atoms with Gasteiger partial charge in [0.05, 0.1) is 0 Å². The van der Waals surface area contributed by atoms with Crippen LogP contribution in [0.5, 0.6) is 5.75 Å². The molecule has 0 aliphatic rings. The van der Waals surface area contributed by atoms with E-state index in [1.165, 1.54) is 0 Å². The van der Waals surface area contributed by atoms with Crippen molar-refractivity contribution >= 4 is 0 Å². The maximum Gasteiger partial charge on any atom is 0.292 e. The Labute approximate surface area is 84.4 Å². The Morgan fingerprint density at radius 2 is 2.21 bits per heavy atom. The first-order valence-corrected chi connectivity index (χ1v) is 4.52. The summed E-state index contributed by atoms with van der Waals surface area (Å²) in [6, 6.07) is 7.57. The Balaban J connectivity index is 2.74. The third-order valence-corrected chi connectivity index (χ3v) is 1.95. The van der Waals surface area contributed by atoms with Crippen LogP contribution in [0.2, 0.25) is 0 Å². The summed E-state index contributed by atoms with van der Waals surface area (Å²) in [5, 5.41) is 8.43. The van der Waals surface area contributed by atoms with Gasteiger partial charge in [0.15, 0.2) is 0 Å². The molecule has 72 valence electrons. The highest BCUT2D eigenvalue weighted by Crippen LogP contribution is 2.20. The molecule has 2 heteroatoms. The predicted molar refractivity (Wildman–Crippen MR) is 55.8 cm³/mol. The minimum Gasteiger partial charge on any atom is -0.388 e. The van der Waals surface area contributed by atoms with Crippen LogP contribution < -0.4 is 4.74 Å². The van der Waals surface area contributed by atoms with Gasteiger partial charge in [0, 0.05) is 0 Å². The van der Waals surface area contributed by atoms with Crippen LogP contribution in [0.1, 0.15) is 18.9 Å². The van der Waals surface area contributed by atoms with Crippen molar-refractivity contribution in [3.05, 3.63) is 42.0 Å². The molecule has 0 fully saturated rings. The standard InChI is InChI=1S/C12H13NO/c1-10(2)7-8-11-5-3-4-6-12(11)14-9-13/h3-6H,1,7-8H2,2H3. The Morgan fingerprint density at radius 1 is 1.50 bits per heavy atom. The first-order chi connectivity index (χ1) is 6.74. The fourth-order valence-corrected chi connectivity index (χ4v) is 1.21. The van der Waals surface area contributed by atoms with Gasteiger partial charge in [-0.05, 0) is 31.4 Å². The molecule has 0 aromatic heterocycles. The van der Waals surface area contributed by atoms with Gasteiger partial charge in [-0.2, -0.15) is 0 Å². The van der Waals surface area contributed by atoms with Crippen LogP contribution in [0.25, 0.3) is 0 Å². The molecule has 0 aliphatic heterocycles. The van der Waals surface area contributed by atoms with E-state index in [1.807, 2.05) is 25.1 Å². The molecule has 0 saturated heterocycles. The van der Waals surface area contributed by atoms with E-state index in [0.717, 1.165) is 24.0 Å². The zero-order chi connectivity index (χ0) is 10.4. The van der Waals surface area contributed by atoms with Gasteiger partial charge in [-0.15, -0.1) is 11.8 Å². The van der Waals surface area contributed by atoms with Crippen molar-refractivity contribution in [2.75, 3.05) is 0 Å². The van der Waals surface area contributed by atoms with Crippen molar-refractivity contribution in [2.45, 2.75) is 19.8 Å². The molecule has 1 aromatic rings. The molecule has 2 nitrogen and oxygen atoms in total. The average molecular weight is 187 g/mol. The zero-order valence-corrected chi connectivity index (χ0v) is 8.29. The maximum absolute atomic E-state index is 8.43. The number of hydrogen-bond acceptors (Lipinski definition) is 2. The van der Waals surface area contributed by atoms with Gasteiger partial charge >= 0.3 is 0 Å². The van der Waals surface area contributed by atoms with E-state index >= 15 is 0 Å². The molecule has 14 heavy (non-hydrogen) atoms. The zero-order valence-electron chi connectivity index (χ0n) is 8.29. The van der Waals surface area contributed by atoms with E-state index in [9.17, 15) is 0 Å². The number of aryl methyl sites for hydroxylation is 1. The third-order valence-electron chi connectivity index (χ3n) is 1.95. The second-order valence-corrected chi connectivity index (χ2v) is 3.26. The molecular weight excluding hydrogens is 174 g/mol. The van der Waals surface area contributed by atoms with E-state index in [4.69, 9.17) is 10.00 Å². The van der Waals surface area contributed by atoms with Crippen molar-refractivity contribution in [3.8, 4) is 12.0 Å². The number of nitrogens with zero attached hydrogens (tertiary/aromatic N) is 1. The molecule has 1 aromatic carbocycles. The monoisotopic (exact) mass is 187 g/mol. The summed E-state index contributed by atoms with van der Waals surface area (Å²) in [7, 11) is 0. The van der Waals surface area contributed by atoms with Crippen molar-refractivity contribution in [3.63, 3.8) is 0 Å². The summed E-state index contributed by atoms with van der Waals surface area (Å²) in [5.74, 6) is 0.649. The van der Waals surface area contributed by atoms with E-state index in [2.05, 4.69) is 6.58 Å². The average Bonchev–Trinajstić information content (AvgIpc) is 2.17. The second-order valence-electron chi connectivity index (χ2n) is 3.26. The maximum atomic E-state index is 8.43. The summed E-state index contributed by atoms with van der Waals surface area (Å²) in [6.45, 7) is 5.83. The quantitative estimate of drug-likeness (QED) is 0.536. The number of nitriles is 1. The van der Waals surface area contributed by atoms with Crippen molar-refractivity contribution in [1.29, 1.82) is 5.26 Å². The first-order valence-electron chi connectivity index (χ1n) is 4.52. The van der Waals surface area contributed by atoms with Gasteiger partial charge in [0.25, 0.3) is 6.26 Å². The van der Waals surface area contributed by atoms with Crippen LogP contribution in [-0.4, -0.2) is 0 Å². The van der Waals surface area contributed by atoms with Crippen LogP contribution in [0.3, 0.4) is 0 Å². The number of hydrogen-bond donors (Lipinski definition) is 0. The van der Waals surface area contributed by atoms with Crippen LogP contribution >= 0.6 is 0 Å². The summed E-state index contributed by atoms with van der Waals surface area (Å²) < 4.78 is 4.85. The molecule has 0 N–H and O–H groups in total. The molecule has 0 radical (unpaired) electrons. The van der Waals surface area contributed by atoms with E-state index in [0.29, 0.717) is 5.75 Å². The molecule has 0 aliphatic carbocycles. The second kappa shape index (κ2) is 5.08. The van der Waals surface area contributed by atoms with E-state index in [-0.39, 0.29) is 0 Å². The number of allylic oxidation sites excluding steroid dienone is 1. The van der Waals surface area contributed by atoms with Gasteiger partial charge in [-0.1, -0.05) is 23.8 Å². The predicted octanol–water partition coefficient (Wildman–Crippen LogP) is 3.06. The largest absolute Gasteiger partial charge is 0.388 e. The summed E-state index contributed by atoms with van der Waals surface area (Å²) in [5.41, 5.74) is 2.19. The molecule has 0 heterocycles. The topological polar surface area (TPSA) is 33.0 Å². The first kappa shape index (κ1) is 10.3. The Kier molecular flexibility index (Phi) is 3.75. The van der Waals surface area contributed by atoms with Crippen LogP contribution in [0.4, 0.5) is 0 Å². The minimum absolute atomic E-state index is 0.649. The minimum atomic E-state index is 0.649. The van der Waals surface area contributed by atoms with Crippen molar-refractivity contribution in [2.24, 2.45) is 0 Å². The fraction of sp³-hybridized carbons (Fsp3) is 0.250. The number of benzene rings is 1. The lowest BCUT2D eigenvalue weighted by molar-refractivity contribution is 0.500. The molecule has 1 rings (SSSR count). The van der Waals surface area contributed by atoms with Crippen LogP contribution in [-0.2, 0) is 6.42 Å². The molecule has 0 atom stereocenters. The van der Waals surface area contributed by atoms with Gasteiger partial charge in [0.2, 0.25) is 0 Å². The van der Waals surface area contributed by atoms with Crippen LogP contribution in [0.15, 0.2) is 36.4 Å². The van der Waals surface area contributed by atoms with Crippen molar-refractivity contribution < 1.29 is 4.74 Å². The number of ether oxygens (including phenoxy) is 1. The smallest absolute Gasteiger partial charge is 0.292 e. The van der Waals surface area contributed by atoms with E-state index < -0.39 is 0 Å². The molecule has 0 bridgehead atoms. The number of rotatable bonds is 4. The number of para-hydroxylation sites is 1. The van der Waals surface area contributed by atoms with Gasteiger partial charge in [0.1, 0.15) is 5.75 Å². The highest BCUT2D eigenvalue weighted by Gasteiger charge is 2.02. The van der Waals surface area contributed by atoms with Gasteiger partial charge in [-0.3, -0.25) is 0 Å². The Bertz CT molecular complexity index is 363. The Hall–Kier alpha value is -1.75. The fourth-order valence-electron chi connectivity index (χ4n) is 1.21. The summed E-state index contributed by atoms with van der Waals surface area (Å²) in [6.07, 6.45) is 3.48. The molecular formula is C12H13NO. The van der Waals surface area contributed by atoms with Crippen molar-refractivity contribution in [1.82, 2.24) is 0 Å². The highest BCUT2D eigenvalue weighted by atomic mass is 16.5. The molecule has 0 unspecified atom stereocenters. The van der Waals surface area contributed by atoms with Gasteiger partial charge in [-0.25, -0.2) is 0 Å². The lowest BCUT2D eigenvalue weighted by Crippen LogP contribution is -1.91. The lowest BCUT2D eigenvalue weighted by Gasteiger charge is -2.05. The SMILES string of the molecule is C=C(C)CCc1ccccc1OC#N. The molecule has 0 amide bonds.